The highest BCUT2D eigenvalue weighted by molar-refractivity contribution is 5.75. The van der Waals surface area contributed by atoms with Gasteiger partial charge in [0.15, 0.2) is 0 Å². The quantitative estimate of drug-likeness (QED) is 0.760. The SMILES string of the molecule is O=C(CCCc1ccc(F)cc1)NCCCc1cccnc1. The molecular formula is C18H21FN2O. The van der Waals surface area contributed by atoms with Gasteiger partial charge in [0.1, 0.15) is 5.82 Å². The molecule has 1 aromatic carbocycles. The summed E-state index contributed by atoms with van der Waals surface area (Å²) in [7, 11) is 0. The molecule has 0 aliphatic rings. The number of carbonyl (C=O) groups is 1. The van der Waals surface area contributed by atoms with E-state index in [9.17, 15) is 9.18 Å². The molecule has 2 rings (SSSR count). The summed E-state index contributed by atoms with van der Waals surface area (Å²) in [6.45, 7) is 0.685. The number of hydrogen-bond acceptors (Lipinski definition) is 2. The van der Waals surface area contributed by atoms with E-state index >= 15 is 0 Å². The van der Waals surface area contributed by atoms with Gasteiger partial charge in [0.05, 0.1) is 0 Å². The highest BCUT2D eigenvalue weighted by Crippen LogP contribution is 2.07. The summed E-state index contributed by atoms with van der Waals surface area (Å²) in [5, 5.41) is 2.93. The van der Waals surface area contributed by atoms with Crippen molar-refractivity contribution in [2.45, 2.75) is 32.1 Å². The third kappa shape index (κ3) is 6.04. The summed E-state index contributed by atoms with van der Waals surface area (Å²) in [6.07, 6.45) is 7.52. The lowest BCUT2D eigenvalue weighted by Gasteiger charge is -2.05. The highest BCUT2D eigenvalue weighted by atomic mass is 19.1. The molecule has 3 nitrogen and oxygen atoms in total. The number of pyridine rings is 1. The van der Waals surface area contributed by atoms with Crippen LogP contribution in [0, 0.1) is 5.82 Å². The van der Waals surface area contributed by atoms with Crippen molar-refractivity contribution in [3.8, 4) is 0 Å². The maximum absolute atomic E-state index is 12.8. The van der Waals surface area contributed by atoms with E-state index in [4.69, 9.17) is 0 Å². The molecule has 0 radical (unpaired) electrons. The number of nitrogens with zero attached hydrogens (tertiary/aromatic N) is 1. The van der Waals surface area contributed by atoms with Crippen LogP contribution in [0.15, 0.2) is 48.8 Å². The van der Waals surface area contributed by atoms with E-state index < -0.39 is 0 Å². The van der Waals surface area contributed by atoms with Crippen LogP contribution < -0.4 is 5.32 Å². The highest BCUT2D eigenvalue weighted by Gasteiger charge is 2.02. The third-order valence-electron chi connectivity index (χ3n) is 3.47. The van der Waals surface area contributed by atoms with Gasteiger partial charge in [-0.05, 0) is 55.0 Å². The summed E-state index contributed by atoms with van der Waals surface area (Å²) in [5.74, 6) is -0.150. The number of halogens is 1. The fourth-order valence-electron chi connectivity index (χ4n) is 2.26. The summed E-state index contributed by atoms with van der Waals surface area (Å²) < 4.78 is 12.8. The second-order valence-electron chi connectivity index (χ2n) is 5.29. The van der Waals surface area contributed by atoms with Gasteiger partial charge >= 0.3 is 0 Å². The number of aryl methyl sites for hydroxylation is 2. The van der Waals surface area contributed by atoms with Crippen molar-refractivity contribution in [2.24, 2.45) is 0 Å². The molecule has 0 saturated heterocycles. The molecule has 116 valence electrons. The van der Waals surface area contributed by atoms with Crippen molar-refractivity contribution >= 4 is 5.91 Å². The Labute approximate surface area is 130 Å². The summed E-state index contributed by atoms with van der Waals surface area (Å²) in [5.41, 5.74) is 2.25. The zero-order valence-corrected chi connectivity index (χ0v) is 12.6. The van der Waals surface area contributed by atoms with Crippen LogP contribution in [0.5, 0.6) is 0 Å². The molecule has 0 aliphatic carbocycles. The van der Waals surface area contributed by atoms with E-state index in [1.54, 1.807) is 18.3 Å². The molecule has 0 fully saturated rings. The number of nitrogens with one attached hydrogen (secondary N) is 1. The smallest absolute Gasteiger partial charge is 0.220 e. The van der Waals surface area contributed by atoms with Crippen LogP contribution in [-0.4, -0.2) is 17.4 Å². The predicted octanol–water partition coefficient (Wildman–Crippen LogP) is 3.29. The minimum absolute atomic E-state index is 0.0771. The van der Waals surface area contributed by atoms with E-state index in [-0.39, 0.29) is 11.7 Å². The van der Waals surface area contributed by atoms with Crippen LogP contribution in [0.2, 0.25) is 0 Å². The van der Waals surface area contributed by atoms with Crippen LogP contribution in [-0.2, 0) is 17.6 Å². The van der Waals surface area contributed by atoms with Crippen LogP contribution >= 0.6 is 0 Å². The second-order valence-corrected chi connectivity index (χ2v) is 5.29. The Balaban J connectivity index is 1.55. The first-order chi connectivity index (χ1) is 10.7. The summed E-state index contributed by atoms with van der Waals surface area (Å²) in [4.78, 5) is 15.8. The van der Waals surface area contributed by atoms with E-state index in [0.717, 1.165) is 31.2 Å². The van der Waals surface area contributed by atoms with Gasteiger partial charge in [0.25, 0.3) is 0 Å². The first-order valence-electron chi connectivity index (χ1n) is 7.64. The zero-order chi connectivity index (χ0) is 15.6. The van der Waals surface area contributed by atoms with E-state index in [0.29, 0.717) is 13.0 Å². The van der Waals surface area contributed by atoms with E-state index in [1.165, 1.54) is 17.7 Å². The summed E-state index contributed by atoms with van der Waals surface area (Å²) in [6, 6.07) is 10.4. The molecule has 1 heterocycles. The maximum atomic E-state index is 12.8. The number of benzene rings is 1. The zero-order valence-electron chi connectivity index (χ0n) is 12.6. The fourth-order valence-corrected chi connectivity index (χ4v) is 2.26. The van der Waals surface area contributed by atoms with Gasteiger partial charge in [0, 0.05) is 25.4 Å². The monoisotopic (exact) mass is 300 g/mol. The van der Waals surface area contributed by atoms with Gasteiger partial charge in [-0.3, -0.25) is 9.78 Å². The van der Waals surface area contributed by atoms with Gasteiger partial charge in [-0.25, -0.2) is 4.39 Å². The number of hydrogen-bond donors (Lipinski definition) is 1. The average molecular weight is 300 g/mol. The topological polar surface area (TPSA) is 42.0 Å². The Morgan fingerprint density at radius 3 is 2.55 bits per heavy atom. The van der Waals surface area contributed by atoms with Crippen LogP contribution in [0.1, 0.15) is 30.4 Å². The van der Waals surface area contributed by atoms with Crippen molar-refractivity contribution in [1.82, 2.24) is 10.3 Å². The molecule has 0 saturated carbocycles. The number of rotatable bonds is 8. The van der Waals surface area contributed by atoms with Crippen molar-refractivity contribution in [3.05, 3.63) is 65.7 Å². The minimum atomic E-state index is -0.227. The van der Waals surface area contributed by atoms with Crippen LogP contribution in [0.25, 0.3) is 0 Å². The fraction of sp³-hybridized carbons (Fsp3) is 0.333. The lowest BCUT2D eigenvalue weighted by molar-refractivity contribution is -0.121. The molecule has 2 aromatic rings. The molecule has 0 unspecified atom stereocenters. The predicted molar refractivity (Wildman–Crippen MR) is 84.9 cm³/mol. The lowest BCUT2D eigenvalue weighted by atomic mass is 10.1. The number of aromatic nitrogens is 1. The molecule has 1 aromatic heterocycles. The Kier molecular flexibility index (Phi) is 6.55. The largest absolute Gasteiger partial charge is 0.356 e. The normalized spacial score (nSPS) is 10.4. The minimum Gasteiger partial charge on any atom is -0.356 e. The molecule has 0 spiro atoms. The summed E-state index contributed by atoms with van der Waals surface area (Å²) >= 11 is 0. The van der Waals surface area contributed by atoms with Crippen LogP contribution in [0.3, 0.4) is 0 Å². The molecule has 0 atom stereocenters. The Hall–Kier alpha value is -2.23. The van der Waals surface area contributed by atoms with Crippen molar-refractivity contribution in [2.75, 3.05) is 6.54 Å². The number of carbonyl (C=O) groups excluding carboxylic acids is 1. The van der Waals surface area contributed by atoms with Crippen molar-refractivity contribution in [3.63, 3.8) is 0 Å². The molecular weight excluding hydrogens is 279 g/mol. The second kappa shape index (κ2) is 8.93. The number of amides is 1. The first kappa shape index (κ1) is 16.1. The Morgan fingerprint density at radius 2 is 1.82 bits per heavy atom. The van der Waals surface area contributed by atoms with Gasteiger partial charge in [0.2, 0.25) is 5.91 Å². The molecule has 0 bridgehead atoms. The van der Waals surface area contributed by atoms with E-state index in [2.05, 4.69) is 10.3 Å². The first-order valence-corrected chi connectivity index (χ1v) is 7.64. The van der Waals surface area contributed by atoms with Crippen molar-refractivity contribution < 1.29 is 9.18 Å². The Bertz CT molecular complexity index is 569. The maximum Gasteiger partial charge on any atom is 0.220 e. The van der Waals surface area contributed by atoms with Crippen molar-refractivity contribution in [1.29, 1.82) is 0 Å². The Morgan fingerprint density at radius 1 is 1.05 bits per heavy atom. The third-order valence-corrected chi connectivity index (χ3v) is 3.47. The molecule has 4 heteroatoms. The molecule has 1 amide bonds. The van der Waals surface area contributed by atoms with Gasteiger partial charge in [-0.15, -0.1) is 0 Å². The van der Waals surface area contributed by atoms with Gasteiger partial charge < -0.3 is 5.32 Å². The van der Waals surface area contributed by atoms with Gasteiger partial charge in [-0.2, -0.15) is 0 Å². The average Bonchev–Trinajstić information content (AvgIpc) is 2.54. The molecule has 22 heavy (non-hydrogen) atoms. The molecule has 0 aliphatic heterocycles. The van der Waals surface area contributed by atoms with Crippen LogP contribution in [0.4, 0.5) is 4.39 Å². The standard InChI is InChI=1S/C18H21FN2O/c19-17-10-8-15(9-11-17)4-1-7-18(22)21-13-3-6-16-5-2-12-20-14-16/h2,5,8-12,14H,1,3-4,6-7,13H2,(H,21,22). The lowest BCUT2D eigenvalue weighted by Crippen LogP contribution is -2.24. The van der Waals surface area contributed by atoms with Gasteiger partial charge in [-0.1, -0.05) is 18.2 Å². The van der Waals surface area contributed by atoms with E-state index in [1.807, 2.05) is 18.3 Å². The molecule has 1 N–H and O–H groups in total.